The number of rotatable bonds is 5. The lowest BCUT2D eigenvalue weighted by Crippen LogP contribution is -2.07. The van der Waals surface area contributed by atoms with E-state index >= 15 is 0 Å². The highest BCUT2D eigenvalue weighted by atomic mass is 16.6. The minimum absolute atomic E-state index is 0.164. The molecule has 0 atom stereocenters. The van der Waals surface area contributed by atoms with Crippen LogP contribution in [-0.4, -0.2) is 36.8 Å². The van der Waals surface area contributed by atoms with Gasteiger partial charge in [0.05, 0.1) is 10.6 Å². The summed E-state index contributed by atoms with van der Waals surface area (Å²) in [5.41, 5.74) is 3.83. The van der Waals surface area contributed by atoms with Gasteiger partial charge in [-0.25, -0.2) is 0 Å². The fourth-order valence-electron chi connectivity index (χ4n) is 2.86. The highest BCUT2D eigenvalue weighted by molar-refractivity contribution is 5.40. The third-order valence-corrected chi connectivity index (χ3v) is 3.94. The molecule has 11 nitrogen and oxygen atoms in total. The summed E-state index contributed by atoms with van der Waals surface area (Å²) in [6.45, 7) is 16.0. The molecule has 0 N–H and O–H groups in total. The maximum atomic E-state index is 10.8. The molecule has 11 heteroatoms. The Bertz CT molecular complexity index is 874. The molecule has 0 radical (unpaired) electrons. The van der Waals surface area contributed by atoms with Crippen LogP contribution in [0, 0.1) is 24.0 Å². The highest BCUT2D eigenvalue weighted by Gasteiger charge is 2.24. The SMILES string of the molecule is CCc1c([N+](=O)[O-])c(C)nn1C(C)C.CCc1cc(C)nn1C(C)C.O=C=O.O=C=O. The predicted molar refractivity (Wildman–Crippen MR) is 110 cm³/mol. The van der Waals surface area contributed by atoms with Gasteiger partial charge in [-0.3, -0.25) is 19.5 Å². The number of hydrogen-bond acceptors (Lipinski definition) is 8. The second-order valence-corrected chi connectivity index (χ2v) is 6.87. The number of nitrogens with zero attached hydrogens (tertiary/aromatic N) is 5. The summed E-state index contributed by atoms with van der Waals surface area (Å²) in [6, 6.07) is 2.80. The Balaban J connectivity index is 0. The molecule has 0 fully saturated rings. The molecule has 0 amide bonds. The van der Waals surface area contributed by atoms with Gasteiger partial charge in [-0.05, 0) is 60.5 Å². The summed E-state index contributed by atoms with van der Waals surface area (Å²) in [6.07, 6.45) is 2.20. The summed E-state index contributed by atoms with van der Waals surface area (Å²) in [7, 11) is 0. The van der Waals surface area contributed by atoms with E-state index in [1.807, 2.05) is 27.7 Å². The monoisotopic (exact) mass is 437 g/mol. The smallest absolute Gasteiger partial charge is 0.267 e. The molecule has 0 bridgehead atoms. The van der Waals surface area contributed by atoms with Crippen molar-refractivity contribution in [2.75, 3.05) is 0 Å². The zero-order valence-corrected chi connectivity index (χ0v) is 19.3. The van der Waals surface area contributed by atoms with Gasteiger partial charge in [-0.1, -0.05) is 13.8 Å². The summed E-state index contributed by atoms with van der Waals surface area (Å²) in [5.74, 6) is 0. The van der Waals surface area contributed by atoms with Crippen LogP contribution >= 0.6 is 0 Å². The Morgan fingerprint density at radius 2 is 1.39 bits per heavy atom. The van der Waals surface area contributed by atoms with Crippen molar-refractivity contribution in [1.82, 2.24) is 19.6 Å². The first kappa shape index (κ1) is 29.8. The van der Waals surface area contributed by atoms with E-state index in [1.54, 1.807) is 11.6 Å². The lowest BCUT2D eigenvalue weighted by Gasteiger charge is -2.08. The number of carbonyl (C=O) groups excluding carboxylic acids is 4. The largest absolute Gasteiger partial charge is 0.373 e. The number of aryl methyl sites for hydroxylation is 3. The molecule has 31 heavy (non-hydrogen) atoms. The molecule has 0 unspecified atom stereocenters. The third kappa shape index (κ3) is 9.75. The van der Waals surface area contributed by atoms with Gasteiger partial charge < -0.3 is 0 Å². The molecule has 172 valence electrons. The van der Waals surface area contributed by atoms with Gasteiger partial charge in [-0.15, -0.1) is 0 Å². The van der Waals surface area contributed by atoms with Crippen LogP contribution in [-0.2, 0) is 32.0 Å². The second kappa shape index (κ2) is 15.4. The van der Waals surface area contributed by atoms with Crippen molar-refractivity contribution in [1.29, 1.82) is 0 Å². The summed E-state index contributed by atoms with van der Waals surface area (Å²) >= 11 is 0. The Kier molecular flexibility index (Phi) is 14.8. The molecule has 0 saturated heterocycles. The van der Waals surface area contributed by atoms with Crippen LogP contribution in [0.15, 0.2) is 6.07 Å². The van der Waals surface area contributed by atoms with Crippen LogP contribution in [0.1, 0.15) is 76.4 Å². The topological polar surface area (TPSA) is 147 Å². The summed E-state index contributed by atoms with van der Waals surface area (Å²) in [5, 5.41) is 19.4. The van der Waals surface area contributed by atoms with Gasteiger partial charge in [0, 0.05) is 17.8 Å². The molecule has 0 aromatic carbocycles. The van der Waals surface area contributed by atoms with E-state index in [2.05, 4.69) is 41.7 Å². The lowest BCUT2D eigenvalue weighted by molar-refractivity contribution is -0.386. The van der Waals surface area contributed by atoms with Crippen molar-refractivity contribution < 1.29 is 24.1 Å². The van der Waals surface area contributed by atoms with E-state index in [4.69, 9.17) is 19.2 Å². The Morgan fingerprint density at radius 1 is 0.935 bits per heavy atom. The van der Waals surface area contributed by atoms with Crippen LogP contribution in [0.5, 0.6) is 0 Å². The molecule has 2 heterocycles. The first-order valence-corrected chi connectivity index (χ1v) is 9.72. The van der Waals surface area contributed by atoms with Crippen molar-refractivity contribution in [3.8, 4) is 0 Å². The highest BCUT2D eigenvalue weighted by Crippen LogP contribution is 2.25. The van der Waals surface area contributed by atoms with Gasteiger partial charge >= 0.3 is 18.0 Å². The maximum Gasteiger partial charge on any atom is 0.373 e. The van der Waals surface area contributed by atoms with Crippen LogP contribution in [0.25, 0.3) is 0 Å². The van der Waals surface area contributed by atoms with Crippen LogP contribution in [0.2, 0.25) is 0 Å². The molecule has 0 spiro atoms. The first-order chi connectivity index (χ1) is 14.5. The molecule has 0 saturated carbocycles. The third-order valence-electron chi connectivity index (χ3n) is 3.94. The minimum atomic E-state index is -0.347. The summed E-state index contributed by atoms with van der Waals surface area (Å²) in [4.78, 5) is 42.9. The van der Waals surface area contributed by atoms with E-state index in [-0.39, 0.29) is 29.0 Å². The van der Waals surface area contributed by atoms with Crippen LogP contribution < -0.4 is 0 Å². The van der Waals surface area contributed by atoms with Crippen LogP contribution in [0.3, 0.4) is 0 Å². The van der Waals surface area contributed by atoms with E-state index in [0.29, 0.717) is 23.9 Å². The zero-order valence-electron chi connectivity index (χ0n) is 19.3. The Hall–Kier alpha value is -3.42. The molecule has 0 aliphatic carbocycles. The Morgan fingerprint density at radius 3 is 1.68 bits per heavy atom. The van der Waals surface area contributed by atoms with Gasteiger partial charge in [0.1, 0.15) is 11.4 Å². The molecule has 2 aromatic rings. The predicted octanol–water partition coefficient (Wildman–Crippen LogP) is 3.41. The first-order valence-electron chi connectivity index (χ1n) is 9.72. The normalized spacial score (nSPS) is 9.35. The fraction of sp³-hybridized carbons (Fsp3) is 0.600. The average molecular weight is 437 g/mol. The van der Waals surface area contributed by atoms with E-state index in [9.17, 15) is 10.1 Å². The van der Waals surface area contributed by atoms with Gasteiger partial charge in [0.15, 0.2) is 0 Å². The molecule has 2 aromatic heterocycles. The number of hydrogen-bond donors (Lipinski definition) is 0. The molecule has 2 rings (SSSR count). The fourth-order valence-corrected chi connectivity index (χ4v) is 2.86. The molecule has 0 aliphatic heterocycles. The quantitative estimate of drug-likeness (QED) is 0.510. The standard InChI is InChI=1S/C9H15N3O2.C9H16N2.2CO2/c1-5-8-9(12(13)14)7(4)10-11(8)6(2)3;1-5-9-6-8(4)10-11(9)7(2)3;2*2-1-3/h6H,5H2,1-4H3;6-7H,5H2,1-4H3;;. The lowest BCUT2D eigenvalue weighted by atomic mass is 10.2. The van der Waals surface area contributed by atoms with Crippen LogP contribution in [0.4, 0.5) is 5.69 Å². The van der Waals surface area contributed by atoms with Crippen molar-refractivity contribution in [3.63, 3.8) is 0 Å². The Labute approximate surface area is 181 Å². The second-order valence-electron chi connectivity index (χ2n) is 6.87. The molecular weight excluding hydrogens is 406 g/mol. The van der Waals surface area contributed by atoms with E-state index in [0.717, 1.165) is 12.1 Å². The average Bonchev–Trinajstić information content (AvgIpc) is 3.23. The van der Waals surface area contributed by atoms with Gasteiger partial charge in [-0.2, -0.15) is 29.4 Å². The van der Waals surface area contributed by atoms with Gasteiger partial charge in [0.2, 0.25) is 0 Å². The van der Waals surface area contributed by atoms with Crippen molar-refractivity contribution in [2.45, 2.75) is 80.3 Å². The zero-order chi connectivity index (χ0) is 24.7. The summed E-state index contributed by atoms with van der Waals surface area (Å²) < 4.78 is 3.82. The maximum absolute atomic E-state index is 10.8. The molecular formula is C20H31N5O6. The van der Waals surface area contributed by atoms with E-state index < -0.39 is 0 Å². The molecule has 0 aliphatic rings. The minimum Gasteiger partial charge on any atom is -0.267 e. The number of nitro groups is 1. The van der Waals surface area contributed by atoms with Gasteiger partial charge in [0.25, 0.3) is 0 Å². The van der Waals surface area contributed by atoms with Crippen molar-refractivity contribution >= 4 is 18.0 Å². The van der Waals surface area contributed by atoms with E-state index in [1.165, 1.54) is 5.69 Å². The van der Waals surface area contributed by atoms with Crippen molar-refractivity contribution in [3.05, 3.63) is 39.0 Å². The number of aromatic nitrogens is 4. The van der Waals surface area contributed by atoms with Crippen molar-refractivity contribution in [2.24, 2.45) is 0 Å².